The van der Waals surface area contributed by atoms with Gasteiger partial charge in [-0.2, -0.15) is 0 Å². The summed E-state index contributed by atoms with van der Waals surface area (Å²) in [5, 5.41) is 2.53. The number of ether oxygens (including phenoxy) is 1. The maximum atomic E-state index is 13.0. The lowest BCUT2D eigenvalue weighted by molar-refractivity contribution is 0.0723. The van der Waals surface area contributed by atoms with Gasteiger partial charge in [-0.3, -0.25) is 4.79 Å². The van der Waals surface area contributed by atoms with Crippen molar-refractivity contribution in [1.29, 1.82) is 0 Å². The first-order valence-electron chi connectivity index (χ1n) is 8.18. The first kappa shape index (κ1) is 15.9. The van der Waals surface area contributed by atoms with E-state index in [4.69, 9.17) is 9.15 Å². The Hall–Kier alpha value is -2.60. The molecule has 2 aromatic heterocycles. The molecule has 1 amide bonds. The van der Waals surface area contributed by atoms with Gasteiger partial charge in [0.25, 0.3) is 5.91 Å². The number of rotatable bonds is 6. The highest BCUT2D eigenvalue weighted by atomic mass is 32.1. The minimum Gasteiger partial charge on any atom is -0.496 e. The minimum absolute atomic E-state index is 0.0394. The van der Waals surface area contributed by atoms with Crippen molar-refractivity contribution in [3.05, 3.63) is 59.3 Å². The molecule has 1 aromatic carbocycles. The van der Waals surface area contributed by atoms with Crippen molar-refractivity contribution in [2.24, 2.45) is 0 Å². The Morgan fingerprint density at radius 3 is 2.88 bits per heavy atom. The van der Waals surface area contributed by atoms with Gasteiger partial charge in [0, 0.05) is 23.5 Å². The monoisotopic (exact) mass is 354 g/mol. The molecular weight excluding hydrogens is 336 g/mol. The van der Waals surface area contributed by atoms with Crippen molar-refractivity contribution in [3.8, 4) is 16.5 Å². The summed E-state index contributed by atoms with van der Waals surface area (Å²) in [7, 11) is 1.65. The SMILES string of the molecule is COc1ccccc1CN(C(=O)c1csc(-c2ccco2)n1)C1CC1. The zero-order valence-corrected chi connectivity index (χ0v) is 14.7. The van der Waals surface area contributed by atoms with Gasteiger partial charge in [0.05, 0.1) is 13.4 Å². The van der Waals surface area contributed by atoms with E-state index in [9.17, 15) is 4.79 Å². The summed E-state index contributed by atoms with van der Waals surface area (Å²) in [5.41, 5.74) is 1.48. The minimum atomic E-state index is -0.0394. The number of benzene rings is 1. The van der Waals surface area contributed by atoms with Crippen molar-refractivity contribution in [2.45, 2.75) is 25.4 Å². The van der Waals surface area contributed by atoms with Crippen molar-refractivity contribution in [1.82, 2.24) is 9.88 Å². The average Bonchev–Trinajstić information content (AvgIpc) is 3.13. The fourth-order valence-electron chi connectivity index (χ4n) is 2.80. The van der Waals surface area contributed by atoms with Crippen LogP contribution >= 0.6 is 11.3 Å². The molecule has 1 aliphatic rings. The van der Waals surface area contributed by atoms with E-state index in [0.29, 0.717) is 18.0 Å². The molecule has 0 saturated heterocycles. The third-order valence-electron chi connectivity index (χ3n) is 4.24. The van der Waals surface area contributed by atoms with E-state index < -0.39 is 0 Å². The Bertz CT molecular complexity index is 868. The molecule has 0 unspecified atom stereocenters. The van der Waals surface area contributed by atoms with Crippen molar-refractivity contribution < 1.29 is 13.9 Å². The first-order chi connectivity index (χ1) is 12.3. The van der Waals surface area contributed by atoms with E-state index >= 15 is 0 Å². The summed E-state index contributed by atoms with van der Waals surface area (Å²) in [6.45, 7) is 0.529. The molecule has 0 bridgehead atoms. The number of thiazole rings is 1. The quantitative estimate of drug-likeness (QED) is 0.665. The molecule has 0 radical (unpaired) electrons. The van der Waals surface area contributed by atoms with Gasteiger partial charge in [-0.1, -0.05) is 18.2 Å². The smallest absolute Gasteiger partial charge is 0.273 e. The van der Waals surface area contributed by atoms with Gasteiger partial charge in [-0.15, -0.1) is 11.3 Å². The van der Waals surface area contributed by atoms with Gasteiger partial charge in [-0.05, 0) is 31.0 Å². The molecule has 5 nitrogen and oxygen atoms in total. The maximum absolute atomic E-state index is 13.0. The largest absolute Gasteiger partial charge is 0.496 e. The van der Waals surface area contributed by atoms with E-state index in [2.05, 4.69) is 4.98 Å². The number of aromatic nitrogens is 1. The number of amides is 1. The molecule has 1 aliphatic carbocycles. The zero-order chi connectivity index (χ0) is 17.2. The molecule has 128 valence electrons. The van der Waals surface area contributed by atoms with Crippen LogP contribution in [0.2, 0.25) is 0 Å². The highest BCUT2D eigenvalue weighted by Gasteiger charge is 2.34. The van der Waals surface area contributed by atoms with E-state index in [1.165, 1.54) is 11.3 Å². The number of para-hydroxylation sites is 1. The lowest BCUT2D eigenvalue weighted by Gasteiger charge is -2.22. The van der Waals surface area contributed by atoms with E-state index in [1.54, 1.807) is 18.8 Å². The van der Waals surface area contributed by atoms with Gasteiger partial charge in [0.2, 0.25) is 0 Å². The van der Waals surface area contributed by atoms with Gasteiger partial charge in [-0.25, -0.2) is 4.98 Å². The molecule has 2 heterocycles. The van der Waals surface area contributed by atoms with Gasteiger partial charge >= 0.3 is 0 Å². The molecule has 25 heavy (non-hydrogen) atoms. The molecule has 1 saturated carbocycles. The second-order valence-electron chi connectivity index (χ2n) is 5.99. The third-order valence-corrected chi connectivity index (χ3v) is 5.09. The molecule has 3 aromatic rings. The second kappa shape index (κ2) is 6.72. The van der Waals surface area contributed by atoms with Crippen LogP contribution in [-0.2, 0) is 6.54 Å². The number of methoxy groups -OCH3 is 1. The van der Waals surface area contributed by atoms with Crippen molar-refractivity contribution >= 4 is 17.2 Å². The highest BCUT2D eigenvalue weighted by molar-refractivity contribution is 7.13. The van der Waals surface area contributed by atoms with Crippen LogP contribution in [0.3, 0.4) is 0 Å². The van der Waals surface area contributed by atoms with Crippen LogP contribution in [0.15, 0.2) is 52.5 Å². The highest BCUT2D eigenvalue weighted by Crippen LogP contribution is 2.32. The van der Waals surface area contributed by atoms with Crippen LogP contribution in [0.4, 0.5) is 0 Å². The molecule has 0 spiro atoms. The number of hydrogen-bond acceptors (Lipinski definition) is 5. The van der Waals surface area contributed by atoms with Crippen LogP contribution in [0.5, 0.6) is 5.75 Å². The molecule has 6 heteroatoms. The predicted octanol–water partition coefficient (Wildman–Crippen LogP) is 4.22. The normalized spacial score (nSPS) is 13.6. The van der Waals surface area contributed by atoms with Gasteiger partial charge in [0.1, 0.15) is 11.4 Å². The molecule has 4 rings (SSSR count). The second-order valence-corrected chi connectivity index (χ2v) is 6.85. The summed E-state index contributed by atoms with van der Waals surface area (Å²) < 4.78 is 10.8. The zero-order valence-electron chi connectivity index (χ0n) is 13.8. The fourth-order valence-corrected chi connectivity index (χ4v) is 3.56. The van der Waals surface area contributed by atoms with E-state index in [1.807, 2.05) is 41.3 Å². The average molecular weight is 354 g/mol. The number of carbonyl (C=O) groups excluding carboxylic acids is 1. The Morgan fingerprint density at radius 1 is 1.32 bits per heavy atom. The Balaban J connectivity index is 1.58. The molecule has 0 atom stereocenters. The van der Waals surface area contributed by atoms with Gasteiger partial charge in [0.15, 0.2) is 10.8 Å². The fraction of sp³-hybridized carbons (Fsp3) is 0.263. The van der Waals surface area contributed by atoms with Gasteiger partial charge < -0.3 is 14.1 Å². The molecule has 1 fully saturated rings. The number of carbonyl (C=O) groups is 1. The molecular formula is C19H18N2O3S. The predicted molar refractivity (Wildman–Crippen MR) is 95.7 cm³/mol. The van der Waals surface area contributed by atoms with E-state index in [0.717, 1.165) is 29.2 Å². The van der Waals surface area contributed by atoms with Crippen LogP contribution in [0.1, 0.15) is 28.9 Å². The number of nitrogens with zero attached hydrogens (tertiary/aromatic N) is 2. The first-order valence-corrected chi connectivity index (χ1v) is 9.06. The lowest BCUT2D eigenvalue weighted by atomic mass is 10.1. The standard InChI is InChI=1S/C19H18N2O3S/c1-23-16-6-3-2-5-13(16)11-21(14-8-9-14)19(22)15-12-25-18(20-15)17-7-4-10-24-17/h2-7,10,12,14H,8-9,11H2,1H3. The van der Waals surface area contributed by atoms with Crippen molar-refractivity contribution in [2.75, 3.05) is 7.11 Å². The summed E-state index contributed by atoms with van der Waals surface area (Å²) in [4.78, 5) is 19.4. The third kappa shape index (κ3) is 3.30. The topological polar surface area (TPSA) is 55.6 Å². The van der Waals surface area contributed by atoms with Crippen molar-refractivity contribution in [3.63, 3.8) is 0 Å². The summed E-state index contributed by atoms with van der Waals surface area (Å²) in [6, 6.07) is 11.8. The lowest BCUT2D eigenvalue weighted by Crippen LogP contribution is -2.33. The Labute approximate surface area is 149 Å². The van der Waals surface area contributed by atoms with Crippen LogP contribution in [-0.4, -0.2) is 28.9 Å². The maximum Gasteiger partial charge on any atom is 0.273 e. The summed E-state index contributed by atoms with van der Waals surface area (Å²) >= 11 is 1.42. The van der Waals surface area contributed by atoms with Crippen LogP contribution in [0, 0.1) is 0 Å². The van der Waals surface area contributed by atoms with Crippen LogP contribution in [0.25, 0.3) is 10.8 Å². The Kier molecular flexibility index (Phi) is 4.28. The molecule has 0 aliphatic heterocycles. The summed E-state index contributed by atoms with van der Waals surface area (Å²) in [5.74, 6) is 1.45. The summed E-state index contributed by atoms with van der Waals surface area (Å²) in [6.07, 6.45) is 3.68. The Morgan fingerprint density at radius 2 is 2.16 bits per heavy atom. The number of hydrogen-bond donors (Lipinski definition) is 0. The number of furan rings is 1. The van der Waals surface area contributed by atoms with Crippen LogP contribution < -0.4 is 4.74 Å². The molecule has 0 N–H and O–H groups in total. The van der Waals surface area contributed by atoms with E-state index in [-0.39, 0.29) is 11.9 Å².